The molecule has 0 aromatic carbocycles. The van der Waals surface area contributed by atoms with E-state index in [1.165, 1.54) is 77.0 Å². The first kappa shape index (κ1) is 30.5. The highest BCUT2D eigenvalue weighted by molar-refractivity contribution is 6.23. The first-order valence-corrected chi connectivity index (χ1v) is 13.3. The molecule has 3 unspecified atom stereocenters. The summed E-state index contributed by atoms with van der Waals surface area (Å²) in [6.07, 6.45) is 17.6. The SMILES string of the molecule is CCCCCCCCCCCCCCC(C)OC(C(Cl)[N+](C)(C)C)C(Cl)[N+](C)(C)C. The van der Waals surface area contributed by atoms with Gasteiger partial charge < -0.3 is 13.7 Å². The van der Waals surface area contributed by atoms with Gasteiger partial charge in [0.25, 0.3) is 0 Å². The van der Waals surface area contributed by atoms with Crippen molar-refractivity contribution in [1.29, 1.82) is 0 Å². The summed E-state index contributed by atoms with van der Waals surface area (Å²) in [5.41, 5.74) is -0.372. The monoisotopic (exact) mass is 468 g/mol. The number of quaternary nitrogens is 2. The van der Waals surface area contributed by atoms with Crippen molar-refractivity contribution in [2.24, 2.45) is 0 Å². The van der Waals surface area contributed by atoms with Crippen LogP contribution in [0.25, 0.3) is 0 Å². The summed E-state index contributed by atoms with van der Waals surface area (Å²) in [4.78, 5) is 0. The summed E-state index contributed by atoms with van der Waals surface area (Å²) < 4.78 is 7.68. The third-order valence-electron chi connectivity index (χ3n) is 5.88. The summed E-state index contributed by atoms with van der Waals surface area (Å²) in [5.74, 6) is 0. The van der Waals surface area contributed by atoms with Crippen LogP contribution in [0.4, 0.5) is 0 Å². The molecule has 0 fully saturated rings. The molecule has 0 aromatic heterocycles. The molecule has 0 bridgehead atoms. The molecule has 182 valence electrons. The minimum absolute atomic E-state index is 0.179. The lowest BCUT2D eigenvalue weighted by molar-refractivity contribution is -0.910. The Labute approximate surface area is 199 Å². The van der Waals surface area contributed by atoms with Crippen LogP contribution in [0.2, 0.25) is 0 Å². The standard InChI is InChI=1S/C25H54Cl2N2O/c1-9-10-11-12-13-14-15-16-17-18-19-20-21-22(2)30-23(24(26)28(3,4)5)25(27)29(6,7)8/h22-25H,9-21H2,1-8H3/q+2. The van der Waals surface area contributed by atoms with E-state index in [0.29, 0.717) is 8.97 Å². The molecular formula is C25H54Cl2N2O+2. The Morgan fingerprint density at radius 3 is 1.27 bits per heavy atom. The summed E-state index contributed by atoms with van der Waals surface area (Å²) in [7, 11) is 12.6. The van der Waals surface area contributed by atoms with Crippen LogP contribution in [0.5, 0.6) is 0 Å². The van der Waals surface area contributed by atoms with Crippen LogP contribution >= 0.6 is 23.2 Å². The van der Waals surface area contributed by atoms with Crippen LogP contribution in [0, 0.1) is 0 Å². The summed E-state index contributed by atoms with van der Waals surface area (Å²) >= 11 is 13.6. The second-order valence-corrected chi connectivity index (χ2v) is 12.0. The van der Waals surface area contributed by atoms with Crippen molar-refractivity contribution in [3.63, 3.8) is 0 Å². The summed E-state index contributed by atoms with van der Waals surface area (Å²) in [6, 6.07) is 0. The Kier molecular flexibility index (Phi) is 16.4. The lowest BCUT2D eigenvalue weighted by atomic mass is 10.0. The number of hydrogen-bond acceptors (Lipinski definition) is 1. The molecule has 0 aliphatic heterocycles. The number of hydrogen-bond donors (Lipinski definition) is 0. The zero-order valence-electron chi connectivity index (χ0n) is 21.6. The molecule has 5 heteroatoms. The van der Waals surface area contributed by atoms with Crippen molar-refractivity contribution in [2.75, 3.05) is 42.3 Å². The van der Waals surface area contributed by atoms with Crippen molar-refractivity contribution in [3.05, 3.63) is 0 Å². The van der Waals surface area contributed by atoms with Gasteiger partial charge in [-0.3, -0.25) is 0 Å². The van der Waals surface area contributed by atoms with E-state index in [-0.39, 0.29) is 23.2 Å². The zero-order chi connectivity index (χ0) is 23.2. The number of alkyl halides is 2. The molecule has 0 rings (SSSR count). The van der Waals surface area contributed by atoms with Gasteiger partial charge in [-0.05, 0) is 13.3 Å². The molecule has 0 saturated carbocycles. The number of likely N-dealkylation sites (N-methyl/N-ethyl adjacent to an activating group) is 2. The molecule has 0 aliphatic carbocycles. The van der Waals surface area contributed by atoms with Gasteiger partial charge >= 0.3 is 0 Å². The van der Waals surface area contributed by atoms with Crippen LogP contribution in [-0.2, 0) is 4.74 Å². The van der Waals surface area contributed by atoms with Gasteiger partial charge in [0.05, 0.1) is 48.4 Å². The number of ether oxygens (including phenoxy) is 1. The van der Waals surface area contributed by atoms with Crippen LogP contribution in [-0.4, -0.2) is 74.5 Å². The van der Waals surface area contributed by atoms with Gasteiger partial charge in [-0.1, -0.05) is 107 Å². The van der Waals surface area contributed by atoms with Crippen molar-refractivity contribution in [1.82, 2.24) is 0 Å². The second kappa shape index (κ2) is 16.1. The number of unbranched alkanes of at least 4 members (excludes halogenated alkanes) is 11. The molecule has 0 aliphatic rings. The average Bonchev–Trinajstić information content (AvgIpc) is 2.64. The smallest absolute Gasteiger partial charge is 0.198 e. The lowest BCUT2D eigenvalue weighted by Crippen LogP contribution is -2.59. The predicted molar refractivity (Wildman–Crippen MR) is 135 cm³/mol. The minimum Gasteiger partial charge on any atom is -0.360 e. The van der Waals surface area contributed by atoms with Crippen molar-refractivity contribution < 1.29 is 13.7 Å². The number of nitrogens with zero attached hydrogens (tertiary/aromatic N) is 2. The first-order valence-electron chi connectivity index (χ1n) is 12.5. The fourth-order valence-electron chi connectivity index (χ4n) is 3.75. The molecule has 0 amide bonds. The Bertz CT molecular complexity index is 387. The van der Waals surface area contributed by atoms with E-state index in [0.717, 1.165) is 6.42 Å². The Morgan fingerprint density at radius 2 is 0.933 bits per heavy atom. The number of halogens is 2. The fraction of sp³-hybridized carbons (Fsp3) is 1.00. The minimum atomic E-state index is -0.194. The van der Waals surface area contributed by atoms with E-state index in [2.05, 4.69) is 56.1 Å². The predicted octanol–water partition coefficient (Wildman–Crippen LogP) is 7.39. The molecule has 0 heterocycles. The van der Waals surface area contributed by atoms with E-state index in [1.807, 2.05) is 0 Å². The van der Waals surface area contributed by atoms with Crippen LogP contribution < -0.4 is 0 Å². The maximum absolute atomic E-state index is 6.80. The second-order valence-electron chi connectivity index (χ2n) is 11.1. The lowest BCUT2D eigenvalue weighted by Gasteiger charge is -2.41. The van der Waals surface area contributed by atoms with Gasteiger partial charge in [0, 0.05) is 0 Å². The molecule has 30 heavy (non-hydrogen) atoms. The molecule has 0 radical (unpaired) electrons. The van der Waals surface area contributed by atoms with Gasteiger partial charge in [-0.2, -0.15) is 0 Å². The third-order valence-corrected chi connectivity index (χ3v) is 7.54. The highest BCUT2D eigenvalue weighted by atomic mass is 35.5. The maximum Gasteiger partial charge on any atom is 0.198 e. The maximum atomic E-state index is 6.80. The number of rotatable bonds is 19. The quantitative estimate of drug-likeness (QED) is 0.0829. The molecule has 0 N–H and O–H groups in total. The van der Waals surface area contributed by atoms with E-state index >= 15 is 0 Å². The van der Waals surface area contributed by atoms with Gasteiger partial charge in [-0.25, -0.2) is 0 Å². The first-order chi connectivity index (χ1) is 13.9. The largest absolute Gasteiger partial charge is 0.360 e. The molecule has 0 aromatic rings. The molecule has 3 nitrogen and oxygen atoms in total. The third kappa shape index (κ3) is 14.5. The van der Waals surface area contributed by atoms with Crippen LogP contribution in [0.1, 0.15) is 97.3 Å². The fourth-order valence-corrected chi connectivity index (χ4v) is 4.22. The van der Waals surface area contributed by atoms with E-state index in [9.17, 15) is 0 Å². The van der Waals surface area contributed by atoms with Crippen molar-refractivity contribution in [2.45, 2.75) is 121 Å². The van der Waals surface area contributed by atoms with Crippen molar-refractivity contribution in [3.8, 4) is 0 Å². The molecule has 3 atom stereocenters. The Balaban J connectivity index is 4.09. The molecule has 0 saturated heterocycles. The van der Waals surface area contributed by atoms with Crippen molar-refractivity contribution >= 4 is 23.2 Å². The average molecular weight is 470 g/mol. The highest BCUT2D eigenvalue weighted by Crippen LogP contribution is 2.27. The van der Waals surface area contributed by atoms with E-state index in [1.54, 1.807) is 0 Å². The van der Waals surface area contributed by atoms with Gasteiger partial charge in [0.15, 0.2) is 17.1 Å². The normalized spacial score (nSPS) is 17.0. The van der Waals surface area contributed by atoms with Crippen LogP contribution in [0.15, 0.2) is 0 Å². The molecule has 0 spiro atoms. The highest BCUT2D eigenvalue weighted by Gasteiger charge is 2.43. The van der Waals surface area contributed by atoms with E-state index < -0.39 is 0 Å². The summed E-state index contributed by atoms with van der Waals surface area (Å²) in [5, 5.41) is 0. The van der Waals surface area contributed by atoms with Gasteiger partial charge in [-0.15, -0.1) is 0 Å². The zero-order valence-corrected chi connectivity index (χ0v) is 23.1. The van der Waals surface area contributed by atoms with Gasteiger partial charge in [0.2, 0.25) is 0 Å². The Hall–Kier alpha value is 0.460. The molecular weight excluding hydrogens is 415 g/mol. The van der Waals surface area contributed by atoms with E-state index in [4.69, 9.17) is 27.9 Å². The Morgan fingerprint density at radius 1 is 0.600 bits per heavy atom. The topological polar surface area (TPSA) is 9.23 Å². The van der Waals surface area contributed by atoms with Crippen LogP contribution in [0.3, 0.4) is 0 Å². The summed E-state index contributed by atoms with van der Waals surface area (Å²) in [6.45, 7) is 4.45. The van der Waals surface area contributed by atoms with Gasteiger partial charge in [0.1, 0.15) is 0 Å².